The van der Waals surface area contributed by atoms with Crippen LogP contribution in [0.2, 0.25) is 0 Å². The Hall–Kier alpha value is -2.09. The average Bonchev–Trinajstić information content (AvgIpc) is 2.90. The number of ether oxygens (including phenoxy) is 1. The van der Waals surface area contributed by atoms with Crippen molar-refractivity contribution in [3.8, 4) is 0 Å². The zero-order valence-corrected chi connectivity index (χ0v) is 14.5. The fourth-order valence-corrected chi connectivity index (χ4v) is 3.34. The fourth-order valence-electron chi connectivity index (χ4n) is 2.61. The summed E-state index contributed by atoms with van der Waals surface area (Å²) in [5.41, 5.74) is -1.44. The van der Waals surface area contributed by atoms with Gasteiger partial charge in [0.15, 0.2) is 0 Å². The molecule has 0 saturated carbocycles. The van der Waals surface area contributed by atoms with Crippen molar-refractivity contribution in [2.45, 2.75) is 30.1 Å². The molecule has 1 aliphatic heterocycles. The monoisotopic (exact) mass is 443 g/mol. The molecule has 0 aromatic heterocycles. The molecule has 1 heterocycles. The number of carboxylic acid groups (broad SMARTS) is 1. The van der Waals surface area contributed by atoms with Crippen molar-refractivity contribution < 1.29 is 52.0 Å². The van der Waals surface area contributed by atoms with Crippen LogP contribution in [0.4, 0.5) is 32.6 Å². The molecule has 1 aliphatic rings. The zero-order chi connectivity index (χ0) is 21.6. The Morgan fingerprint density at radius 2 is 1.75 bits per heavy atom. The molecule has 0 spiro atoms. The lowest BCUT2D eigenvalue weighted by Gasteiger charge is -2.41. The van der Waals surface area contributed by atoms with Crippen LogP contribution in [0.25, 0.3) is 0 Å². The predicted octanol–water partition coefficient (Wildman–Crippen LogP) is 4.72. The van der Waals surface area contributed by atoms with Crippen molar-refractivity contribution in [2.24, 2.45) is 0 Å². The maximum absolute atomic E-state index is 13.0. The molecule has 1 aromatic rings. The van der Waals surface area contributed by atoms with Crippen LogP contribution < -0.4 is 0 Å². The van der Waals surface area contributed by atoms with Crippen molar-refractivity contribution in [3.05, 3.63) is 29.3 Å². The van der Waals surface area contributed by atoms with Gasteiger partial charge in [-0.1, -0.05) is 19.4 Å². The number of aromatic carboxylic acids is 1. The number of rotatable bonds is 5. The molecule has 5 nitrogen and oxygen atoms in total. The highest BCUT2D eigenvalue weighted by atomic mass is 32.5. The Labute approximate surface area is 152 Å². The number of benzene rings is 1. The van der Waals surface area contributed by atoms with E-state index in [1.807, 2.05) is 0 Å². The standard InChI is InChI=1S/C14H13F8NO4S/c15-14(16,17)13(26)27-10-1-2-23(7-10)6-8-3-9(12(24)25)5-11(4-8)28(18,19,20,21)22/h3-5,10H,1-2,6-7H2,(H,24,25)/t10-/m0/s1. The van der Waals surface area contributed by atoms with Gasteiger partial charge >= 0.3 is 28.3 Å². The SMILES string of the molecule is O=C(O)c1cc(CN2CC[C@H](OC(=O)C(F)(F)F)C2)cc(S(F)(F)(F)(F)F)c1. The van der Waals surface area contributed by atoms with E-state index >= 15 is 0 Å². The molecule has 0 aliphatic carbocycles. The molecule has 28 heavy (non-hydrogen) atoms. The van der Waals surface area contributed by atoms with E-state index < -0.39 is 57.0 Å². The molecule has 1 N–H and O–H groups in total. The van der Waals surface area contributed by atoms with Gasteiger partial charge in [-0.2, -0.15) is 13.2 Å². The van der Waals surface area contributed by atoms with Gasteiger partial charge in [0.1, 0.15) is 11.0 Å². The fraction of sp³-hybridized carbons (Fsp3) is 0.429. The topological polar surface area (TPSA) is 66.8 Å². The van der Waals surface area contributed by atoms with Crippen molar-refractivity contribution in [3.63, 3.8) is 0 Å². The van der Waals surface area contributed by atoms with Gasteiger partial charge < -0.3 is 9.84 Å². The van der Waals surface area contributed by atoms with E-state index in [1.54, 1.807) is 0 Å². The van der Waals surface area contributed by atoms with Crippen LogP contribution in [0.3, 0.4) is 0 Å². The largest absolute Gasteiger partial charge is 0.490 e. The summed E-state index contributed by atoms with van der Waals surface area (Å²) in [6.07, 6.45) is -6.46. The Morgan fingerprint density at radius 3 is 2.25 bits per heavy atom. The number of likely N-dealkylation sites (tertiary alicyclic amines) is 1. The quantitative estimate of drug-likeness (QED) is 0.527. The highest BCUT2D eigenvalue weighted by molar-refractivity contribution is 8.45. The van der Waals surface area contributed by atoms with E-state index in [0.717, 1.165) is 6.07 Å². The summed E-state index contributed by atoms with van der Waals surface area (Å²) in [6.45, 7) is -0.744. The number of nitrogens with zero attached hydrogens (tertiary/aromatic N) is 1. The lowest BCUT2D eigenvalue weighted by molar-refractivity contribution is -0.204. The molecule has 160 valence electrons. The highest BCUT2D eigenvalue weighted by Gasteiger charge is 2.65. The van der Waals surface area contributed by atoms with Gasteiger partial charge in [0, 0.05) is 19.6 Å². The van der Waals surface area contributed by atoms with E-state index in [-0.39, 0.29) is 31.6 Å². The van der Waals surface area contributed by atoms with Crippen LogP contribution in [0.1, 0.15) is 22.3 Å². The first-order chi connectivity index (χ1) is 12.3. The number of alkyl halides is 3. The van der Waals surface area contributed by atoms with E-state index in [2.05, 4.69) is 4.74 Å². The lowest BCUT2D eigenvalue weighted by Crippen LogP contribution is -2.31. The van der Waals surface area contributed by atoms with E-state index in [0.29, 0.717) is 0 Å². The minimum absolute atomic E-state index is 0.00114. The molecular weight excluding hydrogens is 430 g/mol. The first-order valence-corrected chi connectivity index (χ1v) is 9.42. The normalized spacial score (nSPS) is 21.1. The number of hydrogen-bond acceptors (Lipinski definition) is 4. The van der Waals surface area contributed by atoms with E-state index in [9.17, 15) is 42.2 Å². The first kappa shape index (κ1) is 22.2. The molecule has 1 saturated heterocycles. The average molecular weight is 443 g/mol. The number of carboxylic acids is 1. The number of halogens is 8. The zero-order valence-electron chi connectivity index (χ0n) is 13.7. The Kier molecular flexibility index (Phi) is 4.92. The first-order valence-electron chi connectivity index (χ1n) is 7.47. The summed E-state index contributed by atoms with van der Waals surface area (Å²) in [6, 6.07) is 0.679. The summed E-state index contributed by atoms with van der Waals surface area (Å²) in [4.78, 5) is 20.6. The third kappa shape index (κ3) is 5.70. The van der Waals surface area contributed by atoms with Crippen LogP contribution in [-0.4, -0.2) is 47.3 Å². The second-order valence-electron chi connectivity index (χ2n) is 6.19. The third-order valence-electron chi connectivity index (χ3n) is 3.80. The van der Waals surface area contributed by atoms with E-state index in [1.165, 1.54) is 4.90 Å². The Balaban J connectivity index is 2.20. The molecule has 14 heteroatoms. The highest BCUT2D eigenvalue weighted by Crippen LogP contribution is 3.02. The molecule has 0 unspecified atom stereocenters. The second kappa shape index (κ2) is 6.20. The molecule has 0 radical (unpaired) electrons. The summed E-state index contributed by atoms with van der Waals surface area (Å²) >= 11 is 0. The smallest absolute Gasteiger partial charge is 0.478 e. The summed E-state index contributed by atoms with van der Waals surface area (Å²) in [5, 5.41) is 8.87. The van der Waals surface area contributed by atoms with Gasteiger partial charge in [0.2, 0.25) is 0 Å². The minimum atomic E-state index is -10.1. The van der Waals surface area contributed by atoms with Crippen molar-refractivity contribution in [1.82, 2.24) is 4.90 Å². The number of carbonyl (C=O) groups excluding carboxylic acids is 1. The maximum atomic E-state index is 13.0. The molecule has 2 rings (SSSR count). The second-order valence-corrected chi connectivity index (χ2v) is 8.60. The van der Waals surface area contributed by atoms with E-state index in [4.69, 9.17) is 5.11 Å². The van der Waals surface area contributed by atoms with Gasteiger partial charge in [-0.05, 0) is 30.2 Å². The summed E-state index contributed by atoms with van der Waals surface area (Å²) in [5.74, 6) is -4.28. The third-order valence-corrected chi connectivity index (χ3v) is 4.93. The molecule has 1 aromatic carbocycles. The lowest BCUT2D eigenvalue weighted by atomic mass is 10.1. The number of hydrogen-bond donors (Lipinski definition) is 1. The predicted molar refractivity (Wildman–Crippen MR) is 80.6 cm³/mol. The maximum Gasteiger partial charge on any atom is 0.490 e. The molecular formula is C14H13F8NO4S. The van der Waals surface area contributed by atoms with Crippen molar-refractivity contribution in [1.29, 1.82) is 0 Å². The van der Waals surface area contributed by atoms with Crippen LogP contribution in [-0.2, 0) is 16.1 Å². The minimum Gasteiger partial charge on any atom is -0.478 e. The summed E-state index contributed by atoms with van der Waals surface area (Å²) in [7, 11) is -10.1. The number of esters is 1. The van der Waals surface area contributed by atoms with Crippen LogP contribution in [0, 0.1) is 0 Å². The van der Waals surface area contributed by atoms with Crippen LogP contribution in [0.15, 0.2) is 23.1 Å². The van der Waals surface area contributed by atoms with Crippen LogP contribution >= 0.6 is 10.2 Å². The van der Waals surface area contributed by atoms with Gasteiger partial charge in [-0.15, -0.1) is 0 Å². The summed E-state index contributed by atoms with van der Waals surface area (Å²) < 4.78 is 106. The van der Waals surface area contributed by atoms with Crippen molar-refractivity contribution in [2.75, 3.05) is 13.1 Å². The molecule has 1 fully saturated rings. The van der Waals surface area contributed by atoms with Gasteiger partial charge in [-0.25, -0.2) is 9.59 Å². The van der Waals surface area contributed by atoms with Gasteiger partial charge in [0.25, 0.3) is 0 Å². The van der Waals surface area contributed by atoms with Gasteiger partial charge in [0.05, 0.1) is 5.56 Å². The number of carbonyl (C=O) groups is 2. The molecule has 0 bridgehead atoms. The van der Waals surface area contributed by atoms with Crippen molar-refractivity contribution >= 4 is 22.2 Å². The Bertz CT molecular complexity index is 808. The van der Waals surface area contributed by atoms with Gasteiger partial charge in [-0.3, -0.25) is 4.90 Å². The molecule has 0 amide bonds. The Morgan fingerprint density at radius 1 is 1.14 bits per heavy atom. The van der Waals surface area contributed by atoms with Crippen LogP contribution in [0.5, 0.6) is 0 Å². The molecule has 1 atom stereocenters.